The van der Waals surface area contributed by atoms with Crippen LogP contribution in [0.3, 0.4) is 0 Å². The topological polar surface area (TPSA) is 70.9 Å². The Bertz CT molecular complexity index is 885. The molecular weight excluding hydrogens is 340 g/mol. The third-order valence-electron chi connectivity index (χ3n) is 4.22. The molecule has 3 aromatic rings. The molecule has 0 heterocycles. The number of nitrogens with one attached hydrogen (secondary N) is 1. The van der Waals surface area contributed by atoms with Crippen LogP contribution in [0.5, 0.6) is 5.75 Å². The van der Waals surface area contributed by atoms with Gasteiger partial charge in [-0.1, -0.05) is 72.8 Å². The molecule has 136 valence electrons. The van der Waals surface area contributed by atoms with Crippen molar-refractivity contribution in [2.24, 2.45) is 5.10 Å². The maximum absolute atomic E-state index is 12.9. The van der Waals surface area contributed by atoms with Crippen molar-refractivity contribution in [3.63, 3.8) is 0 Å². The first kappa shape index (κ1) is 18.4. The van der Waals surface area contributed by atoms with Gasteiger partial charge in [-0.2, -0.15) is 5.10 Å². The number of amides is 1. The minimum atomic E-state index is -1.86. The van der Waals surface area contributed by atoms with Gasteiger partial charge in [-0.15, -0.1) is 0 Å². The molecule has 0 aliphatic carbocycles. The van der Waals surface area contributed by atoms with Crippen molar-refractivity contribution in [3.8, 4) is 5.75 Å². The van der Waals surface area contributed by atoms with Crippen LogP contribution in [0.15, 0.2) is 90.0 Å². The van der Waals surface area contributed by atoms with Crippen LogP contribution in [-0.4, -0.2) is 24.3 Å². The van der Waals surface area contributed by atoms with Crippen LogP contribution < -0.4 is 10.2 Å². The number of para-hydroxylation sites is 1. The molecule has 0 aromatic heterocycles. The van der Waals surface area contributed by atoms with Gasteiger partial charge in [0.1, 0.15) is 5.75 Å². The highest BCUT2D eigenvalue weighted by Gasteiger charge is 2.39. The van der Waals surface area contributed by atoms with Gasteiger partial charge in [-0.25, -0.2) is 5.43 Å². The molecule has 0 aliphatic heterocycles. The predicted molar refractivity (Wildman–Crippen MR) is 105 cm³/mol. The summed E-state index contributed by atoms with van der Waals surface area (Å²) in [7, 11) is 1.56. The summed E-state index contributed by atoms with van der Waals surface area (Å²) >= 11 is 0. The Kier molecular flexibility index (Phi) is 5.64. The van der Waals surface area contributed by atoms with E-state index in [4.69, 9.17) is 4.74 Å². The molecule has 0 radical (unpaired) electrons. The average molecular weight is 360 g/mol. The normalized spacial score (nSPS) is 11.3. The summed E-state index contributed by atoms with van der Waals surface area (Å²) in [6.45, 7) is 0. The van der Waals surface area contributed by atoms with Crippen molar-refractivity contribution in [1.29, 1.82) is 0 Å². The van der Waals surface area contributed by atoms with E-state index in [9.17, 15) is 9.90 Å². The molecule has 0 saturated carbocycles. The van der Waals surface area contributed by atoms with Crippen molar-refractivity contribution in [3.05, 3.63) is 102 Å². The molecular formula is C22H20N2O3. The molecule has 1 amide bonds. The van der Waals surface area contributed by atoms with Gasteiger partial charge in [0.25, 0.3) is 5.91 Å². The Morgan fingerprint density at radius 1 is 0.926 bits per heavy atom. The van der Waals surface area contributed by atoms with E-state index in [2.05, 4.69) is 10.5 Å². The lowest BCUT2D eigenvalue weighted by Crippen LogP contribution is -2.43. The monoisotopic (exact) mass is 360 g/mol. The van der Waals surface area contributed by atoms with Gasteiger partial charge in [0, 0.05) is 5.56 Å². The molecule has 5 heteroatoms. The molecule has 0 unspecified atom stereocenters. The highest BCUT2D eigenvalue weighted by Crippen LogP contribution is 2.29. The molecule has 3 aromatic carbocycles. The number of carbonyl (C=O) groups excluding carboxylic acids is 1. The summed E-state index contributed by atoms with van der Waals surface area (Å²) in [5.41, 5.74) is 2.21. The van der Waals surface area contributed by atoms with Crippen molar-refractivity contribution < 1.29 is 14.6 Å². The molecule has 27 heavy (non-hydrogen) atoms. The second-order valence-corrected chi connectivity index (χ2v) is 5.88. The fourth-order valence-electron chi connectivity index (χ4n) is 2.80. The standard InChI is InChI=1S/C22H20N2O3/c1-27-20-15-9-8-10-17(20)16-23-24-21(25)22(26,18-11-4-2-5-12-18)19-13-6-3-7-14-19/h2-16,26H,1H3,(H,24,25)/b23-16-. The Morgan fingerprint density at radius 3 is 2.00 bits per heavy atom. The quantitative estimate of drug-likeness (QED) is 0.524. The number of aliphatic hydroxyl groups is 1. The van der Waals surface area contributed by atoms with Crippen LogP contribution >= 0.6 is 0 Å². The molecule has 3 rings (SSSR count). The van der Waals surface area contributed by atoms with Crippen molar-refractivity contribution in [2.75, 3.05) is 7.11 Å². The van der Waals surface area contributed by atoms with Crippen LogP contribution in [0, 0.1) is 0 Å². The number of ether oxygens (including phenoxy) is 1. The Labute approximate surface area is 157 Å². The molecule has 5 nitrogen and oxygen atoms in total. The van der Waals surface area contributed by atoms with E-state index in [1.54, 1.807) is 61.7 Å². The number of hydrazone groups is 1. The summed E-state index contributed by atoms with van der Waals surface area (Å²) in [5.74, 6) is -0.0112. The summed E-state index contributed by atoms with van der Waals surface area (Å²) in [4.78, 5) is 12.9. The van der Waals surface area contributed by atoms with Gasteiger partial charge in [-0.3, -0.25) is 4.79 Å². The zero-order chi connectivity index (χ0) is 19.1. The Hall–Kier alpha value is -3.44. The molecule has 0 bridgehead atoms. The molecule has 0 atom stereocenters. The van der Waals surface area contributed by atoms with Gasteiger partial charge in [-0.05, 0) is 23.3 Å². The van der Waals surface area contributed by atoms with Crippen molar-refractivity contribution in [2.45, 2.75) is 5.60 Å². The molecule has 0 saturated heterocycles. The van der Waals surface area contributed by atoms with E-state index in [0.717, 1.165) is 0 Å². The minimum Gasteiger partial charge on any atom is -0.496 e. The molecule has 0 fully saturated rings. The first-order valence-corrected chi connectivity index (χ1v) is 8.46. The lowest BCUT2D eigenvalue weighted by molar-refractivity contribution is -0.136. The first-order valence-electron chi connectivity index (χ1n) is 8.46. The third kappa shape index (κ3) is 3.88. The van der Waals surface area contributed by atoms with Crippen LogP contribution in [0.2, 0.25) is 0 Å². The van der Waals surface area contributed by atoms with Gasteiger partial charge in [0.2, 0.25) is 0 Å². The summed E-state index contributed by atoms with van der Waals surface area (Å²) in [6.07, 6.45) is 1.48. The maximum atomic E-state index is 12.9. The zero-order valence-corrected chi connectivity index (χ0v) is 14.9. The third-order valence-corrected chi connectivity index (χ3v) is 4.22. The zero-order valence-electron chi connectivity index (χ0n) is 14.9. The number of benzene rings is 3. The van der Waals surface area contributed by atoms with E-state index in [1.165, 1.54) is 6.21 Å². The number of nitrogens with zero attached hydrogens (tertiary/aromatic N) is 1. The van der Waals surface area contributed by atoms with E-state index < -0.39 is 11.5 Å². The summed E-state index contributed by atoms with van der Waals surface area (Å²) < 4.78 is 5.26. The number of carbonyl (C=O) groups is 1. The van der Waals surface area contributed by atoms with Gasteiger partial charge >= 0.3 is 0 Å². The number of hydrogen-bond donors (Lipinski definition) is 2. The Balaban J connectivity index is 1.89. The van der Waals surface area contributed by atoms with E-state index >= 15 is 0 Å². The van der Waals surface area contributed by atoms with E-state index in [-0.39, 0.29) is 0 Å². The number of hydrogen-bond acceptors (Lipinski definition) is 4. The fourth-order valence-corrected chi connectivity index (χ4v) is 2.80. The van der Waals surface area contributed by atoms with Crippen LogP contribution in [0.25, 0.3) is 0 Å². The summed E-state index contributed by atoms with van der Waals surface area (Å²) in [6, 6.07) is 24.9. The van der Waals surface area contributed by atoms with Gasteiger partial charge in [0.05, 0.1) is 13.3 Å². The molecule has 0 spiro atoms. The maximum Gasteiger partial charge on any atom is 0.281 e. The second kappa shape index (κ2) is 8.29. The van der Waals surface area contributed by atoms with Crippen LogP contribution in [-0.2, 0) is 10.4 Å². The largest absolute Gasteiger partial charge is 0.496 e. The average Bonchev–Trinajstić information content (AvgIpc) is 2.74. The first-order chi connectivity index (χ1) is 13.2. The molecule has 2 N–H and O–H groups in total. The lowest BCUT2D eigenvalue weighted by Gasteiger charge is -2.27. The van der Waals surface area contributed by atoms with E-state index in [1.807, 2.05) is 30.3 Å². The van der Waals surface area contributed by atoms with E-state index in [0.29, 0.717) is 22.4 Å². The highest BCUT2D eigenvalue weighted by atomic mass is 16.5. The fraction of sp³-hybridized carbons (Fsp3) is 0.0909. The van der Waals surface area contributed by atoms with Crippen LogP contribution in [0.1, 0.15) is 16.7 Å². The van der Waals surface area contributed by atoms with Crippen molar-refractivity contribution >= 4 is 12.1 Å². The minimum absolute atomic E-state index is 0.459. The second-order valence-electron chi connectivity index (χ2n) is 5.88. The predicted octanol–water partition coefficient (Wildman–Crippen LogP) is 3.08. The lowest BCUT2D eigenvalue weighted by atomic mass is 9.85. The number of methoxy groups -OCH3 is 1. The van der Waals surface area contributed by atoms with Crippen molar-refractivity contribution in [1.82, 2.24) is 5.43 Å². The van der Waals surface area contributed by atoms with Gasteiger partial charge < -0.3 is 9.84 Å². The molecule has 0 aliphatic rings. The SMILES string of the molecule is COc1ccccc1/C=N\NC(=O)C(O)(c1ccccc1)c1ccccc1. The summed E-state index contributed by atoms with van der Waals surface area (Å²) in [5, 5.41) is 15.3. The Morgan fingerprint density at radius 2 is 1.44 bits per heavy atom. The number of rotatable bonds is 6. The highest BCUT2D eigenvalue weighted by molar-refractivity contribution is 5.91. The smallest absolute Gasteiger partial charge is 0.281 e. The van der Waals surface area contributed by atoms with Gasteiger partial charge in [0.15, 0.2) is 5.60 Å². The van der Waals surface area contributed by atoms with Crippen LogP contribution in [0.4, 0.5) is 0 Å².